The summed E-state index contributed by atoms with van der Waals surface area (Å²) in [5.41, 5.74) is 1.61. The van der Waals surface area contributed by atoms with Crippen molar-refractivity contribution in [2.24, 2.45) is 0 Å². The molecule has 1 aromatic carbocycles. The van der Waals surface area contributed by atoms with E-state index in [-0.39, 0.29) is 12.3 Å². The van der Waals surface area contributed by atoms with Gasteiger partial charge in [-0.05, 0) is 11.6 Å². The van der Waals surface area contributed by atoms with Crippen LogP contribution in [0, 0.1) is 0 Å². The van der Waals surface area contributed by atoms with Crippen LogP contribution in [0.1, 0.15) is 11.1 Å². The molecule has 0 radical (unpaired) electrons. The molecule has 0 saturated heterocycles. The number of pyridine rings is 1. The molecule has 0 atom stereocenters. The summed E-state index contributed by atoms with van der Waals surface area (Å²) in [6, 6.07) is 12.8. The lowest BCUT2D eigenvalue weighted by molar-refractivity contribution is 0.580. The van der Waals surface area contributed by atoms with Crippen LogP contribution in [0.15, 0.2) is 48.7 Å². The molecule has 2 rings (SSSR count). The fourth-order valence-electron chi connectivity index (χ4n) is 2.00. The van der Waals surface area contributed by atoms with Crippen molar-refractivity contribution in [3.63, 3.8) is 0 Å². The number of anilines is 1. The van der Waals surface area contributed by atoms with Crippen molar-refractivity contribution < 1.29 is 8.42 Å². The van der Waals surface area contributed by atoms with Crippen LogP contribution >= 0.6 is 0 Å². The molecule has 1 aromatic heterocycles. The van der Waals surface area contributed by atoms with E-state index in [4.69, 9.17) is 0 Å². The Morgan fingerprint density at radius 1 is 1.10 bits per heavy atom. The van der Waals surface area contributed by atoms with Gasteiger partial charge in [0.1, 0.15) is 5.82 Å². The summed E-state index contributed by atoms with van der Waals surface area (Å²) in [6.45, 7) is 0.233. The van der Waals surface area contributed by atoms with Gasteiger partial charge in [0.2, 0.25) is 10.0 Å². The van der Waals surface area contributed by atoms with Crippen LogP contribution in [0.25, 0.3) is 0 Å². The second-order valence-electron chi connectivity index (χ2n) is 4.95. The van der Waals surface area contributed by atoms with Gasteiger partial charge in [-0.1, -0.05) is 36.4 Å². The fourth-order valence-corrected chi connectivity index (χ4v) is 3.11. The Kier molecular flexibility index (Phi) is 4.93. The van der Waals surface area contributed by atoms with Crippen molar-refractivity contribution in [1.29, 1.82) is 0 Å². The van der Waals surface area contributed by atoms with Crippen molar-refractivity contribution >= 4 is 15.8 Å². The summed E-state index contributed by atoms with van der Waals surface area (Å²) in [7, 11) is 0.387. The first-order valence-electron chi connectivity index (χ1n) is 6.60. The average Bonchev–Trinajstić information content (AvgIpc) is 2.46. The van der Waals surface area contributed by atoms with Gasteiger partial charge in [-0.2, -0.15) is 0 Å². The van der Waals surface area contributed by atoms with Gasteiger partial charge in [-0.3, -0.25) is 0 Å². The van der Waals surface area contributed by atoms with E-state index in [2.05, 4.69) is 9.71 Å². The van der Waals surface area contributed by atoms with Gasteiger partial charge < -0.3 is 4.90 Å². The second kappa shape index (κ2) is 6.69. The molecule has 5 nitrogen and oxygen atoms in total. The highest BCUT2D eigenvalue weighted by molar-refractivity contribution is 7.88. The van der Waals surface area contributed by atoms with E-state index < -0.39 is 10.0 Å². The SMILES string of the molecule is CN(C)c1ncccc1CNS(=O)(=O)Cc1ccccc1. The molecule has 0 saturated carbocycles. The molecule has 2 aromatic rings. The summed E-state index contributed by atoms with van der Waals surface area (Å²) >= 11 is 0. The van der Waals surface area contributed by atoms with E-state index >= 15 is 0 Å². The number of nitrogens with zero attached hydrogens (tertiary/aromatic N) is 2. The summed E-state index contributed by atoms with van der Waals surface area (Å²) in [4.78, 5) is 6.12. The molecule has 0 aliphatic heterocycles. The number of rotatable bonds is 6. The van der Waals surface area contributed by atoms with E-state index in [1.165, 1.54) is 0 Å². The highest BCUT2D eigenvalue weighted by Crippen LogP contribution is 2.14. The molecule has 112 valence electrons. The lowest BCUT2D eigenvalue weighted by atomic mass is 10.2. The predicted octanol–water partition coefficient (Wildman–Crippen LogP) is 1.77. The molecule has 0 fully saturated rings. The molecule has 1 N–H and O–H groups in total. The Morgan fingerprint density at radius 3 is 2.48 bits per heavy atom. The van der Waals surface area contributed by atoms with Gasteiger partial charge in [0.25, 0.3) is 0 Å². The Morgan fingerprint density at radius 2 is 1.81 bits per heavy atom. The highest BCUT2D eigenvalue weighted by atomic mass is 32.2. The average molecular weight is 305 g/mol. The largest absolute Gasteiger partial charge is 0.362 e. The van der Waals surface area contributed by atoms with Gasteiger partial charge in [0.05, 0.1) is 5.75 Å². The monoisotopic (exact) mass is 305 g/mol. The minimum atomic E-state index is -3.37. The fraction of sp³-hybridized carbons (Fsp3) is 0.267. The molecule has 0 aliphatic rings. The molecule has 0 amide bonds. The maximum Gasteiger partial charge on any atom is 0.216 e. The third kappa shape index (κ3) is 4.54. The first-order chi connectivity index (χ1) is 9.98. The van der Waals surface area contributed by atoms with Gasteiger partial charge >= 0.3 is 0 Å². The zero-order chi connectivity index (χ0) is 15.3. The van der Waals surface area contributed by atoms with Crippen LogP contribution in [0.3, 0.4) is 0 Å². The Bertz CT molecular complexity index is 685. The first-order valence-corrected chi connectivity index (χ1v) is 8.25. The van der Waals surface area contributed by atoms with Gasteiger partial charge in [0.15, 0.2) is 0 Å². The number of aromatic nitrogens is 1. The smallest absolute Gasteiger partial charge is 0.216 e. The summed E-state index contributed by atoms with van der Waals surface area (Å²) in [5, 5.41) is 0. The van der Waals surface area contributed by atoms with Crippen molar-refractivity contribution in [2.75, 3.05) is 19.0 Å². The van der Waals surface area contributed by atoms with Crippen LogP contribution in [0.5, 0.6) is 0 Å². The van der Waals surface area contributed by atoms with Crippen LogP contribution in [0.4, 0.5) is 5.82 Å². The third-order valence-corrected chi connectivity index (χ3v) is 4.27. The van der Waals surface area contributed by atoms with E-state index in [0.717, 1.165) is 16.9 Å². The van der Waals surface area contributed by atoms with Crippen molar-refractivity contribution in [1.82, 2.24) is 9.71 Å². The maximum atomic E-state index is 12.1. The molecular weight excluding hydrogens is 286 g/mol. The van der Waals surface area contributed by atoms with Crippen molar-refractivity contribution in [3.05, 3.63) is 59.8 Å². The van der Waals surface area contributed by atoms with Crippen LogP contribution in [-0.4, -0.2) is 27.5 Å². The van der Waals surface area contributed by atoms with Crippen LogP contribution in [-0.2, 0) is 22.3 Å². The molecule has 6 heteroatoms. The highest BCUT2D eigenvalue weighted by Gasteiger charge is 2.13. The number of sulfonamides is 1. The molecule has 21 heavy (non-hydrogen) atoms. The number of hydrogen-bond donors (Lipinski definition) is 1. The van der Waals surface area contributed by atoms with E-state index in [9.17, 15) is 8.42 Å². The standard InChI is InChI=1S/C15H19N3O2S/c1-18(2)15-14(9-6-10-16-15)11-17-21(19,20)12-13-7-4-3-5-8-13/h3-10,17H,11-12H2,1-2H3. The number of nitrogens with one attached hydrogen (secondary N) is 1. The van der Waals surface area contributed by atoms with Gasteiger partial charge in [0, 0.05) is 32.4 Å². The minimum absolute atomic E-state index is 0.0224. The van der Waals surface area contributed by atoms with Crippen LogP contribution in [0.2, 0.25) is 0 Å². The number of hydrogen-bond acceptors (Lipinski definition) is 4. The topological polar surface area (TPSA) is 62.3 Å². The molecule has 1 heterocycles. The normalized spacial score (nSPS) is 11.3. The first kappa shape index (κ1) is 15.5. The van der Waals surface area contributed by atoms with Crippen molar-refractivity contribution in [2.45, 2.75) is 12.3 Å². The molecular formula is C15H19N3O2S. The van der Waals surface area contributed by atoms with Gasteiger partial charge in [-0.25, -0.2) is 18.1 Å². The Hall–Kier alpha value is -1.92. The summed E-state index contributed by atoms with van der Waals surface area (Å²) < 4.78 is 26.8. The zero-order valence-electron chi connectivity index (χ0n) is 12.2. The van der Waals surface area contributed by atoms with Crippen molar-refractivity contribution in [3.8, 4) is 0 Å². The summed E-state index contributed by atoms with van der Waals surface area (Å²) in [5.74, 6) is 0.741. The Balaban J connectivity index is 2.06. The predicted molar refractivity (Wildman–Crippen MR) is 84.5 cm³/mol. The Labute approximate surface area is 125 Å². The quantitative estimate of drug-likeness (QED) is 0.883. The van der Waals surface area contributed by atoms with E-state index in [0.29, 0.717) is 0 Å². The number of benzene rings is 1. The second-order valence-corrected chi connectivity index (χ2v) is 6.75. The summed E-state index contributed by atoms with van der Waals surface area (Å²) in [6.07, 6.45) is 1.69. The molecule has 0 unspecified atom stereocenters. The maximum absolute atomic E-state index is 12.1. The third-order valence-electron chi connectivity index (χ3n) is 2.97. The van der Waals surface area contributed by atoms with Gasteiger partial charge in [-0.15, -0.1) is 0 Å². The van der Waals surface area contributed by atoms with E-state index in [1.54, 1.807) is 24.4 Å². The lowest BCUT2D eigenvalue weighted by Gasteiger charge is -2.16. The molecule has 0 bridgehead atoms. The molecule has 0 spiro atoms. The van der Waals surface area contributed by atoms with Crippen LogP contribution < -0.4 is 9.62 Å². The lowest BCUT2D eigenvalue weighted by Crippen LogP contribution is -2.26. The minimum Gasteiger partial charge on any atom is -0.362 e. The van der Waals surface area contributed by atoms with E-state index in [1.807, 2.05) is 43.3 Å². The zero-order valence-corrected chi connectivity index (χ0v) is 13.0. The molecule has 0 aliphatic carbocycles.